The van der Waals surface area contributed by atoms with Gasteiger partial charge in [0.05, 0.1) is 6.61 Å². The number of benzene rings is 1. The predicted molar refractivity (Wildman–Crippen MR) is 86.5 cm³/mol. The smallest absolute Gasteiger partial charge is 0.200 e. The summed E-state index contributed by atoms with van der Waals surface area (Å²) < 4.78 is 34.8. The minimum atomic E-state index is -0.793. The molecule has 0 amide bonds. The van der Waals surface area contributed by atoms with Gasteiger partial charge in [0.2, 0.25) is 5.82 Å². The lowest BCUT2D eigenvalue weighted by atomic mass is 9.48. The number of hydrogen-bond donors (Lipinski definition) is 0. The number of ether oxygens (including phenoxy) is 1. The van der Waals surface area contributed by atoms with Crippen molar-refractivity contribution in [2.24, 2.45) is 23.7 Å². The summed E-state index contributed by atoms with van der Waals surface area (Å²) in [5.41, 5.74) is 0.502. The van der Waals surface area contributed by atoms with Crippen LogP contribution in [-0.4, -0.2) is 6.61 Å². The highest BCUT2D eigenvalue weighted by Gasteiger charge is 2.52. The third kappa shape index (κ3) is 2.56. The zero-order valence-corrected chi connectivity index (χ0v) is 14.1. The molecule has 4 saturated carbocycles. The molecule has 0 aromatic heterocycles. The molecule has 0 radical (unpaired) electrons. The van der Waals surface area contributed by atoms with Gasteiger partial charge < -0.3 is 4.74 Å². The molecule has 5 rings (SSSR count). The average molecular weight is 320 g/mol. The molecule has 4 aliphatic rings. The normalized spacial score (nSPS) is 35.1. The van der Waals surface area contributed by atoms with Crippen molar-refractivity contribution in [2.75, 3.05) is 6.61 Å². The van der Waals surface area contributed by atoms with E-state index < -0.39 is 11.6 Å². The molecule has 0 unspecified atom stereocenters. The van der Waals surface area contributed by atoms with Gasteiger partial charge in [-0.1, -0.05) is 19.9 Å². The highest BCUT2D eigenvalue weighted by molar-refractivity contribution is 5.37. The molecule has 4 aliphatic carbocycles. The molecule has 0 heterocycles. The summed E-state index contributed by atoms with van der Waals surface area (Å²) in [4.78, 5) is 0. The molecular formula is C20H26F2O. The summed E-state index contributed by atoms with van der Waals surface area (Å²) in [5.74, 6) is 1.07. The first-order chi connectivity index (χ1) is 11.0. The SMILES string of the molecule is CC(C)COc1ccc([C@]23CC4CC(C[C@H](C4)C2)C3)c(F)c1F. The van der Waals surface area contributed by atoms with Gasteiger partial charge in [-0.3, -0.25) is 0 Å². The number of halogens is 2. The molecular weight excluding hydrogens is 294 g/mol. The standard InChI is InChI=1S/C20H26F2O/c1-12(2)11-23-17-4-3-16(18(21)19(17)22)20-8-13-5-14(9-20)7-15(6-13)10-20/h3-4,12-15H,5-11H2,1-2H3/t13-,14?,15?,20-. The third-order valence-electron chi connectivity index (χ3n) is 6.23. The fourth-order valence-electron chi connectivity index (χ4n) is 5.75. The molecule has 0 spiro atoms. The van der Waals surface area contributed by atoms with Crippen LogP contribution in [0.3, 0.4) is 0 Å². The molecule has 1 aromatic carbocycles. The van der Waals surface area contributed by atoms with Crippen LogP contribution in [0, 0.1) is 35.3 Å². The first-order valence-electron chi connectivity index (χ1n) is 9.08. The van der Waals surface area contributed by atoms with Crippen LogP contribution >= 0.6 is 0 Å². The highest BCUT2D eigenvalue weighted by atomic mass is 19.2. The maximum atomic E-state index is 14.8. The van der Waals surface area contributed by atoms with E-state index in [1.807, 2.05) is 13.8 Å². The van der Waals surface area contributed by atoms with Crippen molar-refractivity contribution in [1.82, 2.24) is 0 Å². The van der Waals surface area contributed by atoms with E-state index in [9.17, 15) is 8.78 Å². The van der Waals surface area contributed by atoms with Crippen LogP contribution in [0.5, 0.6) is 5.75 Å². The Morgan fingerprint density at radius 1 is 1.00 bits per heavy atom. The van der Waals surface area contributed by atoms with E-state index in [-0.39, 0.29) is 11.2 Å². The fraction of sp³-hybridized carbons (Fsp3) is 0.700. The summed E-state index contributed by atoms with van der Waals surface area (Å²) in [7, 11) is 0. The minimum absolute atomic E-state index is 0.0599. The lowest BCUT2D eigenvalue weighted by molar-refractivity contribution is -0.00708. The van der Waals surface area contributed by atoms with Crippen molar-refractivity contribution in [1.29, 1.82) is 0 Å². The van der Waals surface area contributed by atoms with Gasteiger partial charge in [0.25, 0.3) is 0 Å². The summed E-state index contributed by atoms with van der Waals surface area (Å²) in [6.07, 6.45) is 7.04. The second-order valence-electron chi connectivity index (χ2n) is 8.64. The summed E-state index contributed by atoms with van der Waals surface area (Å²) in [5, 5.41) is 0. The van der Waals surface area contributed by atoms with Crippen molar-refractivity contribution < 1.29 is 13.5 Å². The first kappa shape index (κ1) is 15.4. The van der Waals surface area contributed by atoms with Crippen LogP contribution in [-0.2, 0) is 5.41 Å². The second kappa shape index (κ2) is 5.46. The summed E-state index contributed by atoms with van der Waals surface area (Å²) in [6, 6.07) is 3.45. The second-order valence-corrected chi connectivity index (χ2v) is 8.64. The summed E-state index contributed by atoms with van der Waals surface area (Å²) >= 11 is 0. The van der Waals surface area contributed by atoms with E-state index >= 15 is 0 Å². The maximum absolute atomic E-state index is 14.8. The van der Waals surface area contributed by atoms with Gasteiger partial charge in [-0.15, -0.1) is 0 Å². The van der Waals surface area contributed by atoms with Crippen molar-refractivity contribution in [3.8, 4) is 5.75 Å². The molecule has 23 heavy (non-hydrogen) atoms. The first-order valence-corrected chi connectivity index (χ1v) is 9.08. The fourth-order valence-corrected chi connectivity index (χ4v) is 5.75. The molecule has 0 aliphatic heterocycles. The Bertz CT molecular complexity index is 573. The van der Waals surface area contributed by atoms with Gasteiger partial charge in [0.1, 0.15) is 0 Å². The molecule has 3 heteroatoms. The van der Waals surface area contributed by atoms with Crippen molar-refractivity contribution in [2.45, 2.75) is 57.8 Å². The summed E-state index contributed by atoms with van der Waals surface area (Å²) in [6.45, 7) is 4.41. The van der Waals surface area contributed by atoms with Crippen molar-refractivity contribution >= 4 is 0 Å². The van der Waals surface area contributed by atoms with E-state index in [0.717, 1.165) is 37.0 Å². The van der Waals surface area contributed by atoms with Gasteiger partial charge in [0, 0.05) is 0 Å². The molecule has 4 bridgehead atoms. The van der Waals surface area contributed by atoms with Crippen LogP contribution in [0.25, 0.3) is 0 Å². The van der Waals surface area contributed by atoms with Crippen LogP contribution < -0.4 is 4.74 Å². The third-order valence-corrected chi connectivity index (χ3v) is 6.23. The zero-order valence-electron chi connectivity index (χ0n) is 14.1. The van der Waals surface area contributed by atoms with Crippen LogP contribution in [0.4, 0.5) is 8.78 Å². The van der Waals surface area contributed by atoms with Crippen LogP contribution in [0.2, 0.25) is 0 Å². The van der Waals surface area contributed by atoms with E-state index in [0.29, 0.717) is 18.1 Å². The van der Waals surface area contributed by atoms with Gasteiger partial charge in [-0.05, 0) is 79.2 Å². The molecule has 0 atom stereocenters. The quantitative estimate of drug-likeness (QED) is 0.715. The average Bonchev–Trinajstić information content (AvgIpc) is 2.47. The largest absolute Gasteiger partial charge is 0.490 e. The van der Waals surface area contributed by atoms with Gasteiger partial charge in [-0.2, -0.15) is 4.39 Å². The van der Waals surface area contributed by atoms with E-state index in [1.165, 1.54) is 19.3 Å². The molecule has 0 saturated heterocycles. The molecule has 1 aromatic rings. The van der Waals surface area contributed by atoms with Crippen LogP contribution in [0.15, 0.2) is 12.1 Å². The number of hydrogen-bond acceptors (Lipinski definition) is 1. The van der Waals surface area contributed by atoms with E-state index in [4.69, 9.17) is 4.74 Å². The van der Waals surface area contributed by atoms with Gasteiger partial charge in [0.15, 0.2) is 11.6 Å². The minimum Gasteiger partial charge on any atom is -0.490 e. The Hall–Kier alpha value is -1.12. The topological polar surface area (TPSA) is 9.23 Å². The Morgan fingerprint density at radius 3 is 2.09 bits per heavy atom. The van der Waals surface area contributed by atoms with Gasteiger partial charge in [-0.25, -0.2) is 4.39 Å². The Morgan fingerprint density at radius 2 is 1.57 bits per heavy atom. The van der Waals surface area contributed by atoms with Gasteiger partial charge >= 0.3 is 0 Å². The van der Waals surface area contributed by atoms with E-state index in [1.54, 1.807) is 12.1 Å². The predicted octanol–water partition coefficient (Wildman–Crippen LogP) is 5.47. The molecule has 0 N–H and O–H groups in total. The van der Waals surface area contributed by atoms with Crippen molar-refractivity contribution in [3.63, 3.8) is 0 Å². The molecule has 4 fully saturated rings. The van der Waals surface area contributed by atoms with Crippen molar-refractivity contribution in [3.05, 3.63) is 29.3 Å². The number of rotatable bonds is 4. The zero-order chi connectivity index (χ0) is 16.2. The Labute approximate surface area is 137 Å². The molecule has 126 valence electrons. The Kier molecular flexibility index (Phi) is 3.66. The molecule has 1 nitrogen and oxygen atoms in total. The lowest BCUT2D eigenvalue weighted by Crippen LogP contribution is -2.49. The lowest BCUT2D eigenvalue weighted by Gasteiger charge is -2.57. The Balaban J connectivity index is 1.66. The van der Waals surface area contributed by atoms with E-state index in [2.05, 4.69) is 0 Å². The maximum Gasteiger partial charge on any atom is 0.200 e. The van der Waals surface area contributed by atoms with Crippen LogP contribution in [0.1, 0.15) is 57.9 Å². The highest BCUT2D eigenvalue weighted by Crippen LogP contribution is 2.61. The monoisotopic (exact) mass is 320 g/mol.